The molecule has 132 valence electrons. The van der Waals surface area contributed by atoms with Gasteiger partial charge in [-0.2, -0.15) is 0 Å². The first-order valence-electron chi connectivity index (χ1n) is 8.33. The Hall–Kier alpha value is -1.79. The zero-order chi connectivity index (χ0) is 17.9. The zero-order valence-corrected chi connectivity index (χ0v) is 15.7. The molecule has 4 nitrogen and oxygen atoms in total. The van der Waals surface area contributed by atoms with E-state index in [2.05, 4.69) is 5.32 Å². The molecule has 1 aliphatic rings. The molecule has 2 heterocycles. The summed E-state index contributed by atoms with van der Waals surface area (Å²) in [4.78, 5) is 26.1. The summed E-state index contributed by atoms with van der Waals surface area (Å²) in [5.41, 5.74) is 0.696. The van der Waals surface area contributed by atoms with Gasteiger partial charge in [0.25, 0.3) is 0 Å². The number of carbonyl (C=O) groups is 2. The number of thioether (sulfide) groups is 1. The molecule has 0 fully saturated rings. The third kappa shape index (κ3) is 3.46. The van der Waals surface area contributed by atoms with Gasteiger partial charge in [0, 0.05) is 11.4 Å². The van der Waals surface area contributed by atoms with Gasteiger partial charge < -0.3 is 10.4 Å². The Labute approximate surface area is 155 Å². The Kier molecular flexibility index (Phi) is 5.49. The molecule has 1 aromatic carbocycles. The van der Waals surface area contributed by atoms with Crippen molar-refractivity contribution in [2.24, 2.45) is 0 Å². The summed E-state index contributed by atoms with van der Waals surface area (Å²) in [7, 11) is 0. The highest BCUT2D eigenvalue weighted by atomic mass is 32.2. The molecule has 2 N–H and O–H groups in total. The van der Waals surface area contributed by atoms with Crippen LogP contribution in [0.2, 0.25) is 0 Å². The van der Waals surface area contributed by atoms with Crippen LogP contribution in [-0.4, -0.2) is 29.3 Å². The maximum absolute atomic E-state index is 12.8. The van der Waals surface area contributed by atoms with Crippen molar-refractivity contribution < 1.29 is 14.7 Å². The number of aryl methyl sites for hydroxylation is 1. The monoisotopic (exact) mass is 375 g/mol. The Morgan fingerprint density at radius 1 is 1.28 bits per heavy atom. The quantitative estimate of drug-likeness (QED) is 0.809. The average Bonchev–Trinajstić information content (AvgIpc) is 3.11. The number of carboxylic acid groups (broad SMARTS) is 1. The summed E-state index contributed by atoms with van der Waals surface area (Å²) in [6.07, 6.45) is 1.41. The summed E-state index contributed by atoms with van der Waals surface area (Å²) >= 11 is 3.32. The van der Waals surface area contributed by atoms with Crippen molar-refractivity contribution >= 4 is 35.0 Å². The van der Waals surface area contributed by atoms with E-state index >= 15 is 0 Å². The largest absolute Gasteiger partial charge is 0.481 e. The fraction of sp³-hybridized carbons (Fsp3) is 0.368. The molecule has 0 radical (unpaired) electrons. The number of rotatable bonds is 6. The van der Waals surface area contributed by atoms with Gasteiger partial charge in [-0.1, -0.05) is 37.3 Å². The van der Waals surface area contributed by atoms with Gasteiger partial charge in [-0.15, -0.1) is 23.1 Å². The molecule has 2 aromatic rings. The molecule has 3 rings (SSSR count). The Balaban J connectivity index is 1.79. The van der Waals surface area contributed by atoms with Crippen molar-refractivity contribution in [3.05, 3.63) is 57.8 Å². The van der Waals surface area contributed by atoms with E-state index in [0.717, 1.165) is 23.3 Å². The summed E-state index contributed by atoms with van der Waals surface area (Å²) in [5.74, 6) is -0.0873. The number of hydrogen-bond acceptors (Lipinski definition) is 4. The first kappa shape index (κ1) is 18.0. The molecule has 0 aliphatic carbocycles. The van der Waals surface area contributed by atoms with E-state index in [1.807, 2.05) is 48.7 Å². The van der Waals surface area contributed by atoms with Gasteiger partial charge in [0.1, 0.15) is 10.7 Å². The van der Waals surface area contributed by atoms with Crippen molar-refractivity contribution in [1.29, 1.82) is 0 Å². The normalized spacial score (nSPS) is 18.8. The molecule has 6 heteroatoms. The van der Waals surface area contributed by atoms with Gasteiger partial charge in [-0.25, -0.2) is 0 Å². The second kappa shape index (κ2) is 7.62. The predicted octanol–water partition coefficient (Wildman–Crippen LogP) is 3.63. The molecule has 1 aliphatic heterocycles. The van der Waals surface area contributed by atoms with E-state index in [9.17, 15) is 14.7 Å². The topological polar surface area (TPSA) is 66.4 Å². The predicted molar refractivity (Wildman–Crippen MR) is 102 cm³/mol. The van der Waals surface area contributed by atoms with Gasteiger partial charge in [-0.3, -0.25) is 9.59 Å². The van der Waals surface area contributed by atoms with Crippen LogP contribution in [0.15, 0.2) is 41.8 Å². The van der Waals surface area contributed by atoms with E-state index in [-0.39, 0.29) is 17.7 Å². The van der Waals surface area contributed by atoms with E-state index in [0.29, 0.717) is 6.42 Å². The lowest BCUT2D eigenvalue weighted by Crippen LogP contribution is -2.47. The third-order valence-corrected chi connectivity index (χ3v) is 7.06. The summed E-state index contributed by atoms with van der Waals surface area (Å²) in [6, 6.07) is 11.2. The van der Waals surface area contributed by atoms with Gasteiger partial charge in [0.2, 0.25) is 5.91 Å². The van der Waals surface area contributed by atoms with Crippen molar-refractivity contribution in [2.45, 2.75) is 30.4 Å². The number of amides is 1. The van der Waals surface area contributed by atoms with Crippen LogP contribution in [0.25, 0.3) is 0 Å². The van der Waals surface area contributed by atoms with E-state index in [1.54, 1.807) is 23.1 Å². The number of fused-ring (bicyclic) bond motifs is 1. The van der Waals surface area contributed by atoms with Crippen LogP contribution in [-0.2, 0) is 21.4 Å². The van der Waals surface area contributed by atoms with Crippen LogP contribution >= 0.6 is 23.1 Å². The van der Waals surface area contributed by atoms with E-state index in [4.69, 9.17) is 0 Å². The minimum atomic E-state index is -1.10. The molecule has 2 atom stereocenters. The second-order valence-electron chi connectivity index (χ2n) is 6.12. The summed E-state index contributed by atoms with van der Waals surface area (Å²) in [5, 5.41) is 14.6. The maximum atomic E-state index is 12.8. The number of nitrogens with one attached hydrogen (secondary N) is 1. The fourth-order valence-corrected chi connectivity index (χ4v) is 5.55. The molecular formula is C19H21NO3S2. The smallest absolute Gasteiger partial charge is 0.315 e. The van der Waals surface area contributed by atoms with Gasteiger partial charge >= 0.3 is 5.97 Å². The SMILES string of the molecule is CCC(CNC(=O)C1SCCc2sccc21)(C(=O)O)c1ccccc1. The molecule has 1 amide bonds. The number of benzene rings is 1. The molecular weight excluding hydrogens is 354 g/mol. The number of aliphatic carboxylic acids is 1. The summed E-state index contributed by atoms with van der Waals surface area (Å²) < 4.78 is 0. The standard InChI is InChI=1S/C19H21NO3S2/c1-2-19(18(22)23,13-6-4-3-5-7-13)12-20-17(21)16-14-8-10-24-15(14)9-11-25-16/h3-8,10,16H,2,9,11-12H2,1H3,(H,20,21)(H,22,23). The average molecular weight is 376 g/mol. The highest BCUT2D eigenvalue weighted by molar-refractivity contribution is 8.00. The molecule has 0 bridgehead atoms. The number of hydrogen-bond donors (Lipinski definition) is 2. The van der Waals surface area contributed by atoms with Crippen LogP contribution in [0.3, 0.4) is 0 Å². The lowest BCUT2D eigenvalue weighted by molar-refractivity contribution is -0.144. The van der Waals surface area contributed by atoms with Crippen LogP contribution in [0.1, 0.15) is 34.6 Å². The maximum Gasteiger partial charge on any atom is 0.315 e. The Bertz CT molecular complexity index is 759. The van der Waals surface area contributed by atoms with E-state index in [1.165, 1.54) is 4.88 Å². The highest BCUT2D eigenvalue weighted by Gasteiger charge is 2.40. The van der Waals surface area contributed by atoms with Gasteiger partial charge in [0.15, 0.2) is 0 Å². The fourth-order valence-electron chi connectivity index (χ4n) is 3.23. The van der Waals surface area contributed by atoms with Crippen molar-refractivity contribution in [3.63, 3.8) is 0 Å². The first-order chi connectivity index (χ1) is 12.1. The van der Waals surface area contributed by atoms with Gasteiger partial charge in [-0.05, 0) is 41.2 Å². The second-order valence-corrected chi connectivity index (χ2v) is 8.34. The van der Waals surface area contributed by atoms with Crippen molar-refractivity contribution in [2.75, 3.05) is 12.3 Å². The number of thiophene rings is 1. The molecule has 0 saturated carbocycles. The first-order valence-corrected chi connectivity index (χ1v) is 10.3. The van der Waals surface area contributed by atoms with Crippen molar-refractivity contribution in [1.82, 2.24) is 5.32 Å². The minimum Gasteiger partial charge on any atom is -0.481 e. The molecule has 2 unspecified atom stereocenters. The minimum absolute atomic E-state index is 0.0954. The number of carbonyl (C=O) groups excluding carboxylic acids is 1. The lowest BCUT2D eigenvalue weighted by atomic mass is 9.78. The Morgan fingerprint density at radius 3 is 2.72 bits per heavy atom. The number of carboxylic acids is 1. The highest BCUT2D eigenvalue weighted by Crippen LogP contribution is 2.39. The molecule has 0 saturated heterocycles. The molecule has 25 heavy (non-hydrogen) atoms. The van der Waals surface area contributed by atoms with Crippen LogP contribution in [0.4, 0.5) is 0 Å². The summed E-state index contributed by atoms with van der Waals surface area (Å²) in [6.45, 7) is 1.94. The van der Waals surface area contributed by atoms with Gasteiger partial charge in [0.05, 0.1) is 0 Å². The molecule has 0 spiro atoms. The zero-order valence-electron chi connectivity index (χ0n) is 14.0. The van der Waals surface area contributed by atoms with Crippen molar-refractivity contribution in [3.8, 4) is 0 Å². The lowest BCUT2D eigenvalue weighted by Gasteiger charge is -2.30. The Morgan fingerprint density at radius 2 is 2.04 bits per heavy atom. The molecule has 1 aromatic heterocycles. The van der Waals surface area contributed by atoms with Crippen LogP contribution in [0, 0.1) is 0 Å². The van der Waals surface area contributed by atoms with E-state index < -0.39 is 11.4 Å². The third-order valence-electron chi connectivity index (χ3n) is 4.82. The van der Waals surface area contributed by atoms with Crippen LogP contribution in [0.5, 0.6) is 0 Å². The van der Waals surface area contributed by atoms with Crippen LogP contribution < -0.4 is 5.32 Å².